The van der Waals surface area contributed by atoms with Gasteiger partial charge in [0.1, 0.15) is 0 Å². The Balaban J connectivity index is 2.46. The number of ketones is 1. The zero-order valence-electron chi connectivity index (χ0n) is 8.53. The van der Waals surface area contributed by atoms with Crippen LogP contribution >= 0.6 is 0 Å². The molecule has 0 saturated carbocycles. The predicted octanol–water partition coefficient (Wildman–Crippen LogP) is 3.36. The van der Waals surface area contributed by atoms with Crippen LogP contribution in [-0.2, 0) is 0 Å². The average molecular weight is 195 g/mol. The van der Waals surface area contributed by atoms with Gasteiger partial charge in [0.25, 0.3) is 0 Å². The molecule has 0 fully saturated rings. The van der Waals surface area contributed by atoms with Crippen molar-refractivity contribution in [2.75, 3.05) is 0 Å². The number of Topliss-reactive ketones (excluding diaryl/α,β-unsaturated/α-hetero) is 1. The fraction of sp³-hybridized carbons (Fsp3) is 0.0714. The van der Waals surface area contributed by atoms with Gasteiger partial charge in [0.2, 0.25) is 0 Å². The van der Waals surface area contributed by atoms with Gasteiger partial charge < -0.3 is 0 Å². The minimum atomic E-state index is 0.0489. The third-order valence-corrected chi connectivity index (χ3v) is 2.26. The minimum absolute atomic E-state index is 0.0489. The molecule has 2 aromatic carbocycles. The van der Waals surface area contributed by atoms with Gasteiger partial charge in [-0.1, -0.05) is 48.5 Å². The number of carbonyl (C=O) groups excluding carboxylic acids is 1. The first kappa shape index (κ1) is 9.66. The van der Waals surface area contributed by atoms with Crippen molar-refractivity contribution in [2.24, 2.45) is 0 Å². The summed E-state index contributed by atoms with van der Waals surface area (Å²) in [6.45, 7) is 1.56. The van der Waals surface area contributed by atoms with Gasteiger partial charge in [-0.3, -0.25) is 4.79 Å². The summed E-state index contributed by atoms with van der Waals surface area (Å²) in [7, 11) is 0. The molecule has 0 aliphatic rings. The Morgan fingerprint density at radius 3 is 2.40 bits per heavy atom. The Kier molecular flexibility index (Phi) is 2.64. The van der Waals surface area contributed by atoms with Crippen LogP contribution in [0.15, 0.2) is 48.5 Å². The molecule has 73 valence electrons. The fourth-order valence-corrected chi connectivity index (χ4v) is 1.46. The second-order valence-corrected chi connectivity index (χ2v) is 3.40. The maximum atomic E-state index is 11.2. The van der Waals surface area contributed by atoms with Gasteiger partial charge in [-0.15, -0.1) is 0 Å². The van der Waals surface area contributed by atoms with E-state index >= 15 is 0 Å². The van der Waals surface area contributed by atoms with Crippen LogP contribution in [-0.4, -0.2) is 5.78 Å². The van der Waals surface area contributed by atoms with Crippen molar-refractivity contribution in [3.8, 4) is 11.1 Å². The molecule has 0 aliphatic heterocycles. The van der Waals surface area contributed by atoms with E-state index in [1.165, 1.54) is 0 Å². The highest BCUT2D eigenvalue weighted by Crippen LogP contribution is 2.19. The van der Waals surface area contributed by atoms with Gasteiger partial charge >= 0.3 is 0 Å². The van der Waals surface area contributed by atoms with Crippen molar-refractivity contribution in [2.45, 2.75) is 6.92 Å². The second kappa shape index (κ2) is 4.09. The molecule has 0 bridgehead atoms. The van der Waals surface area contributed by atoms with Crippen molar-refractivity contribution >= 4 is 5.78 Å². The SMILES string of the molecule is CC(=O)c1[c]c(-c2ccccc2)ccc1. The lowest BCUT2D eigenvalue weighted by molar-refractivity contribution is 0.101. The number of hydrogen-bond donors (Lipinski definition) is 0. The fourth-order valence-electron chi connectivity index (χ4n) is 1.46. The summed E-state index contributed by atoms with van der Waals surface area (Å²) < 4.78 is 0. The van der Waals surface area contributed by atoms with Crippen LogP contribution in [0.3, 0.4) is 0 Å². The largest absolute Gasteiger partial charge is 0.294 e. The third-order valence-electron chi connectivity index (χ3n) is 2.26. The highest BCUT2D eigenvalue weighted by atomic mass is 16.1. The quantitative estimate of drug-likeness (QED) is 0.671. The van der Waals surface area contributed by atoms with Crippen molar-refractivity contribution in [3.63, 3.8) is 0 Å². The molecule has 0 spiro atoms. The lowest BCUT2D eigenvalue weighted by atomic mass is 10.0. The molecule has 0 amide bonds. The normalized spacial score (nSPS) is 9.93. The van der Waals surface area contributed by atoms with E-state index in [4.69, 9.17) is 0 Å². The Hall–Kier alpha value is -1.89. The highest BCUT2D eigenvalue weighted by Gasteiger charge is 2.02. The lowest BCUT2D eigenvalue weighted by Crippen LogP contribution is -1.92. The van der Waals surface area contributed by atoms with Crippen LogP contribution in [0.4, 0.5) is 0 Å². The van der Waals surface area contributed by atoms with E-state index in [2.05, 4.69) is 6.07 Å². The minimum Gasteiger partial charge on any atom is -0.294 e. The van der Waals surface area contributed by atoms with Crippen LogP contribution in [0.2, 0.25) is 0 Å². The van der Waals surface area contributed by atoms with E-state index in [0.29, 0.717) is 5.56 Å². The molecule has 0 aromatic heterocycles. The van der Waals surface area contributed by atoms with Gasteiger partial charge in [0, 0.05) is 11.6 Å². The molecular formula is C14H11O. The number of rotatable bonds is 2. The van der Waals surface area contributed by atoms with Gasteiger partial charge in [0.05, 0.1) is 0 Å². The van der Waals surface area contributed by atoms with Crippen molar-refractivity contribution in [1.29, 1.82) is 0 Å². The standard InChI is InChI=1S/C14H11O/c1-11(15)13-8-5-9-14(10-13)12-6-3-2-4-7-12/h2-9H,1H3. The molecule has 0 heterocycles. The lowest BCUT2D eigenvalue weighted by Gasteiger charge is -2.02. The van der Waals surface area contributed by atoms with Crippen LogP contribution < -0.4 is 0 Å². The van der Waals surface area contributed by atoms with E-state index in [0.717, 1.165) is 11.1 Å². The average Bonchev–Trinajstić information content (AvgIpc) is 2.30. The zero-order valence-corrected chi connectivity index (χ0v) is 8.53. The number of carbonyl (C=O) groups is 1. The third kappa shape index (κ3) is 2.13. The molecule has 2 rings (SSSR count). The van der Waals surface area contributed by atoms with Gasteiger partial charge in [-0.2, -0.15) is 0 Å². The Morgan fingerprint density at radius 2 is 1.73 bits per heavy atom. The highest BCUT2D eigenvalue weighted by molar-refractivity contribution is 5.94. The molecule has 0 saturated heterocycles. The Morgan fingerprint density at radius 1 is 1.00 bits per heavy atom. The zero-order chi connectivity index (χ0) is 10.7. The first-order chi connectivity index (χ1) is 7.27. The van der Waals surface area contributed by atoms with Crippen molar-refractivity contribution < 1.29 is 4.79 Å². The van der Waals surface area contributed by atoms with E-state index in [1.807, 2.05) is 42.5 Å². The monoisotopic (exact) mass is 195 g/mol. The maximum absolute atomic E-state index is 11.2. The molecular weight excluding hydrogens is 184 g/mol. The molecule has 0 unspecified atom stereocenters. The molecule has 0 N–H and O–H groups in total. The Bertz CT molecular complexity index is 472. The molecule has 2 aromatic rings. The van der Waals surface area contributed by atoms with Crippen LogP contribution in [0.1, 0.15) is 17.3 Å². The predicted molar refractivity (Wildman–Crippen MR) is 60.7 cm³/mol. The summed E-state index contributed by atoms with van der Waals surface area (Å²) in [5.74, 6) is 0.0489. The topological polar surface area (TPSA) is 17.1 Å². The summed E-state index contributed by atoms with van der Waals surface area (Å²) in [4.78, 5) is 11.2. The summed E-state index contributed by atoms with van der Waals surface area (Å²) in [6.07, 6.45) is 0. The molecule has 0 atom stereocenters. The van der Waals surface area contributed by atoms with Crippen LogP contribution in [0.25, 0.3) is 11.1 Å². The van der Waals surface area contributed by atoms with Crippen LogP contribution in [0, 0.1) is 6.07 Å². The van der Waals surface area contributed by atoms with E-state index in [-0.39, 0.29) is 5.78 Å². The van der Waals surface area contributed by atoms with E-state index in [1.54, 1.807) is 13.0 Å². The van der Waals surface area contributed by atoms with Crippen molar-refractivity contribution in [3.05, 3.63) is 60.2 Å². The van der Waals surface area contributed by atoms with Crippen LogP contribution in [0.5, 0.6) is 0 Å². The molecule has 1 radical (unpaired) electrons. The second-order valence-electron chi connectivity index (χ2n) is 3.40. The van der Waals surface area contributed by atoms with Gasteiger partial charge in [0.15, 0.2) is 5.78 Å². The number of benzene rings is 2. The van der Waals surface area contributed by atoms with Crippen molar-refractivity contribution in [1.82, 2.24) is 0 Å². The van der Waals surface area contributed by atoms with E-state index in [9.17, 15) is 4.79 Å². The smallest absolute Gasteiger partial charge is 0.160 e. The first-order valence-corrected chi connectivity index (χ1v) is 4.86. The van der Waals surface area contributed by atoms with Gasteiger partial charge in [-0.05, 0) is 18.1 Å². The maximum Gasteiger partial charge on any atom is 0.160 e. The summed E-state index contributed by atoms with van der Waals surface area (Å²) in [5.41, 5.74) is 2.68. The van der Waals surface area contributed by atoms with E-state index < -0.39 is 0 Å². The Labute approximate surface area is 89.4 Å². The molecule has 0 aliphatic carbocycles. The first-order valence-electron chi connectivity index (χ1n) is 4.86. The summed E-state index contributed by atoms with van der Waals surface area (Å²) in [6, 6.07) is 18.7. The number of hydrogen-bond acceptors (Lipinski definition) is 1. The summed E-state index contributed by atoms with van der Waals surface area (Å²) in [5, 5.41) is 0. The van der Waals surface area contributed by atoms with Gasteiger partial charge in [-0.25, -0.2) is 0 Å². The molecule has 15 heavy (non-hydrogen) atoms. The molecule has 1 heteroatoms. The molecule has 1 nitrogen and oxygen atoms in total. The summed E-state index contributed by atoms with van der Waals surface area (Å²) >= 11 is 0.